The number of piperidine rings is 1. The summed E-state index contributed by atoms with van der Waals surface area (Å²) in [4.78, 5) is 48.3. The molecule has 2 fully saturated rings. The lowest BCUT2D eigenvalue weighted by Crippen LogP contribution is -2.55. The van der Waals surface area contributed by atoms with Gasteiger partial charge < -0.3 is 31.3 Å². The van der Waals surface area contributed by atoms with Gasteiger partial charge in [0.05, 0.1) is 35.2 Å². The van der Waals surface area contributed by atoms with E-state index >= 15 is 0 Å². The van der Waals surface area contributed by atoms with Crippen LogP contribution in [0.5, 0.6) is 0 Å². The van der Waals surface area contributed by atoms with Gasteiger partial charge in [0, 0.05) is 24.5 Å². The van der Waals surface area contributed by atoms with E-state index in [1.54, 1.807) is 12.1 Å². The van der Waals surface area contributed by atoms with Gasteiger partial charge in [0.15, 0.2) is 11.0 Å². The zero-order chi connectivity index (χ0) is 37.3. The molecule has 0 radical (unpaired) electrons. The van der Waals surface area contributed by atoms with Gasteiger partial charge in [-0.25, -0.2) is 18.1 Å². The average Bonchev–Trinajstić information content (AvgIpc) is 3.75. The van der Waals surface area contributed by atoms with Crippen LogP contribution in [0.4, 0.5) is 0 Å². The summed E-state index contributed by atoms with van der Waals surface area (Å²) in [5.41, 5.74) is 6.97. The SMILES string of the molecule is CS(=O)(=O)N[C@H](CCC1CCNCC1)C(=O)N1C[C@H](OCc2ccc(Cl)cc2)C[C@H]1C(=O)N[C@@H](CCCNC(=N)N)C(=O)c1nc2ccccc2s1. The van der Waals surface area contributed by atoms with Crippen molar-refractivity contribution in [3.63, 3.8) is 0 Å². The molecule has 7 N–H and O–H groups in total. The number of likely N-dealkylation sites (tertiary alicyclic amines) is 1. The summed E-state index contributed by atoms with van der Waals surface area (Å²) < 4.78 is 34.5. The number of carbonyl (C=O) groups is 3. The van der Waals surface area contributed by atoms with Crippen LogP contribution in [0, 0.1) is 11.3 Å². The van der Waals surface area contributed by atoms with Crippen molar-refractivity contribution in [3.05, 3.63) is 64.1 Å². The predicted octanol–water partition coefficient (Wildman–Crippen LogP) is 2.76. The van der Waals surface area contributed by atoms with Crippen molar-refractivity contribution < 1.29 is 27.5 Å². The standard InChI is InChI=1S/C35H47ClN8O6S2/c1-52(48,49)43-28(13-10-22-14-17-39-18-15-22)34(47)44-20-25(50-21-23-8-11-24(36)12-9-23)19-29(44)32(46)41-27(6-4-16-40-35(37)38)31(45)33-42-26-5-2-3-7-30(26)51-33/h2-3,5,7-9,11-12,22,25,27-29,39,43H,4,6,10,13-21H2,1H3,(H,41,46)(H4,37,38,40)/t25-,27+,28-,29+/m1/s1. The molecule has 1 aromatic heterocycles. The summed E-state index contributed by atoms with van der Waals surface area (Å²) in [5.74, 6) is -1.31. The van der Waals surface area contributed by atoms with E-state index in [2.05, 4.69) is 25.7 Å². The quantitative estimate of drug-likeness (QED) is 0.0512. The minimum Gasteiger partial charge on any atom is -0.372 e. The number of hydrogen-bond acceptors (Lipinski definition) is 10. The van der Waals surface area contributed by atoms with Gasteiger partial charge in [-0.1, -0.05) is 35.9 Å². The lowest BCUT2D eigenvalue weighted by atomic mass is 9.91. The summed E-state index contributed by atoms with van der Waals surface area (Å²) in [5, 5.41) is 17.2. The first-order chi connectivity index (χ1) is 24.9. The topological polar surface area (TPSA) is 209 Å². The van der Waals surface area contributed by atoms with E-state index in [1.165, 1.54) is 16.2 Å². The zero-order valence-electron chi connectivity index (χ0n) is 29.1. The van der Waals surface area contributed by atoms with E-state index in [0.717, 1.165) is 42.5 Å². The molecular weight excluding hydrogens is 728 g/mol. The number of rotatable bonds is 17. The normalized spacial score (nSPS) is 19.3. The molecule has 17 heteroatoms. The highest BCUT2D eigenvalue weighted by molar-refractivity contribution is 7.88. The number of hydrogen-bond donors (Lipinski definition) is 6. The van der Waals surface area contributed by atoms with Crippen molar-refractivity contribution in [2.75, 3.05) is 32.4 Å². The largest absolute Gasteiger partial charge is 0.372 e. The van der Waals surface area contributed by atoms with E-state index in [4.69, 9.17) is 27.5 Å². The number of ketones is 1. The second kappa shape index (κ2) is 18.4. The number of aromatic nitrogens is 1. The second-order valence-corrected chi connectivity index (χ2v) is 16.7. The number of amides is 2. The smallest absolute Gasteiger partial charge is 0.243 e. The van der Waals surface area contributed by atoms with Gasteiger partial charge >= 0.3 is 0 Å². The third-order valence-corrected chi connectivity index (χ3v) is 11.4. The highest BCUT2D eigenvalue weighted by Crippen LogP contribution is 2.27. The molecule has 2 saturated heterocycles. The number of nitrogens with zero attached hydrogens (tertiary/aromatic N) is 2. The molecule has 0 aliphatic carbocycles. The van der Waals surface area contributed by atoms with Crippen LogP contribution < -0.4 is 26.4 Å². The maximum atomic E-state index is 14.3. The Morgan fingerprint density at radius 3 is 2.54 bits per heavy atom. The highest BCUT2D eigenvalue weighted by Gasteiger charge is 2.43. The molecule has 0 saturated carbocycles. The Labute approximate surface area is 313 Å². The molecule has 3 heterocycles. The van der Waals surface area contributed by atoms with Crippen molar-refractivity contribution in [2.45, 2.75) is 75.8 Å². The van der Waals surface area contributed by atoms with Crippen LogP contribution in [0.15, 0.2) is 48.5 Å². The number of benzene rings is 2. The predicted molar refractivity (Wildman–Crippen MR) is 202 cm³/mol. The number of Topliss-reactive ketones (excluding diaryl/α,β-unsaturated/α-hetero) is 1. The Morgan fingerprint density at radius 2 is 1.85 bits per heavy atom. The lowest BCUT2D eigenvalue weighted by molar-refractivity contribution is -0.140. The number of sulfonamides is 1. The highest BCUT2D eigenvalue weighted by atomic mass is 35.5. The van der Waals surface area contributed by atoms with Crippen LogP contribution in [0.25, 0.3) is 10.2 Å². The molecule has 4 atom stereocenters. The molecule has 2 aliphatic heterocycles. The van der Waals surface area contributed by atoms with Crippen LogP contribution in [0.1, 0.15) is 60.3 Å². The number of para-hydroxylation sites is 1. The first-order valence-corrected chi connectivity index (χ1v) is 20.6. The fourth-order valence-electron chi connectivity index (χ4n) is 6.66. The van der Waals surface area contributed by atoms with Gasteiger partial charge in [-0.3, -0.25) is 19.8 Å². The number of fused-ring (bicyclic) bond motifs is 1. The Hall–Kier alpha value is -3.67. The van der Waals surface area contributed by atoms with Crippen LogP contribution in [-0.4, -0.2) is 98.5 Å². The molecule has 3 aromatic rings. The molecule has 0 unspecified atom stereocenters. The molecule has 0 bridgehead atoms. The number of carbonyl (C=O) groups excluding carboxylic acids is 3. The molecule has 0 spiro atoms. The van der Waals surface area contributed by atoms with E-state index < -0.39 is 46.1 Å². The molecule has 5 rings (SSSR count). The monoisotopic (exact) mass is 774 g/mol. The summed E-state index contributed by atoms with van der Waals surface area (Å²) in [6.07, 6.45) is 4.01. The van der Waals surface area contributed by atoms with Crippen LogP contribution >= 0.6 is 22.9 Å². The van der Waals surface area contributed by atoms with Crippen molar-refractivity contribution in [2.24, 2.45) is 11.7 Å². The number of thiazole rings is 1. The Balaban J connectivity index is 1.37. The zero-order valence-corrected chi connectivity index (χ0v) is 31.5. The summed E-state index contributed by atoms with van der Waals surface area (Å²) in [6, 6.07) is 11.4. The fourth-order valence-corrected chi connectivity index (χ4v) is 8.48. The summed E-state index contributed by atoms with van der Waals surface area (Å²) in [6.45, 7) is 2.30. The number of guanidine groups is 1. The molecule has 2 amide bonds. The third-order valence-electron chi connectivity index (χ3n) is 9.35. The average molecular weight is 775 g/mol. The number of nitrogens with one attached hydrogen (secondary N) is 5. The third kappa shape index (κ3) is 11.4. The first-order valence-electron chi connectivity index (χ1n) is 17.5. The second-order valence-electron chi connectivity index (χ2n) is 13.4. The minimum atomic E-state index is -3.78. The first kappa shape index (κ1) is 39.5. The van der Waals surface area contributed by atoms with E-state index in [-0.39, 0.29) is 49.2 Å². The number of ether oxygens (including phenoxy) is 1. The van der Waals surface area contributed by atoms with Gasteiger partial charge in [-0.05, 0) is 87.4 Å². The van der Waals surface area contributed by atoms with E-state index in [1.807, 2.05) is 36.4 Å². The van der Waals surface area contributed by atoms with Crippen molar-refractivity contribution in [1.82, 2.24) is 30.6 Å². The minimum absolute atomic E-state index is 0.0544. The van der Waals surface area contributed by atoms with Gasteiger partial charge in [0.1, 0.15) is 12.1 Å². The molecule has 2 aliphatic rings. The molecular formula is C35H47ClN8O6S2. The van der Waals surface area contributed by atoms with E-state index in [9.17, 15) is 22.8 Å². The molecule has 52 heavy (non-hydrogen) atoms. The Kier molecular flexibility index (Phi) is 14.0. The fraction of sp³-hybridized carbons (Fsp3) is 0.514. The Morgan fingerprint density at radius 1 is 1.12 bits per heavy atom. The van der Waals surface area contributed by atoms with Gasteiger partial charge in [0.2, 0.25) is 27.6 Å². The van der Waals surface area contributed by atoms with Crippen LogP contribution in [0.3, 0.4) is 0 Å². The maximum Gasteiger partial charge on any atom is 0.243 e. The summed E-state index contributed by atoms with van der Waals surface area (Å²) in [7, 11) is -3.78. The van der Waals surface area contributed by atoms with Gasteiger partial charge in [-0.15, -0.1) is 11.3 Å². The van der Waals surface area contributed by atoms with Gasteiger partial charge in [-0.2, -0.15) is 0 Å². The van der Waals surface area contributed by atoms with Crippen LogP contribution in [-0.2, 0) is 31.0 Å². The number of nitrogens with two attached hydrogens (primary N) is 1. The van der Waals surface area contributed by atoms with E-state index in [0.29, 0.717) is 35.8 Å². The van der Waals surface area contributed by atoms with Crippen LogP contribution in [0.2, 0.25) is 5.02 Å². The van der Waals surface area contributed by atoms with Crippen molar-refractivity contribution in [1.29, 1.82) is 5.41 Å². The van der Waals surface area contributed by atoms with Crippen molar-refractivity contribution >= 4 is 66.7 Å². The maximum absolute atomic E-state index is 14.3. The Bertz CT molecular complexity index is 1790. The molecule has 14 nitrogen and oxygen atoms in total. The molecule has 2 aromatic carbocycles. The summed E-state index contributed by atoms with van der Waals surface area (Å²) >= 11 is 7.28. The number of halogens is 1. The van der Waals surface area contributed by atoms with Gasteiger partial charge in [0.25, 0.3) is 0 Å². The lowest BCUT2D eigenvalue weighted by Gasteiger charge is -2.30. The van der Waals surface area contributed by atoms with Crippen molar-refractivity contribution in [3.8, 4) is 0 Å². The molecule has 282 valence electrons.